The van der Waals surface area contributed by atoms with E-state index in [-0.39, 0.29) is 29.4 Å². The van der Waals surface area contributed by atoms with E-state index in [0.717, 1.165) is 43.5 Å². The number of carbonyl (C=O) groups is 1. The first-order valence-electron chi connectivity index (χ1n) is 11.4. The molecule has 2 aromatic rings. The molecular formula is C25H27FN4O2. The smallest absolute Gasteiger partial charge is 0.225 e. The van der Waals surface area contributed by atoms with E-state index in [0.29, 0.717) is 31.7 Å². The Bertz CT molecular complexity index is 1000. The molecule has 2 aliphatic heterocycles. The van der Waals surface area contributed by atoms with Crippen molar-refractivity contribution in [1.82, 2.24) is 9.88 Å². The zero-order chi connectivity index (χ0) is 22.1. The number of rotatable bonds is 6. The Kier molecular flexibility index (Phi) is 5.56. The molecule has 6 nitrogen and oxygen atoms in total. The van der Waals surface area contributed by atoms with Gasteiger partial charge < -0.3 is 14.5 Å². The van der Waals surface area contributed by atoms with Gasteiger partial charge in [0.2, 0.25) is 5.91 Å². The number of amides is 1. The van der Waals surface area contributed by atoms with Gasteiger partial charge in [0.15, 0.2) is 0 Å². The van der Waals surface area contributed by atoms with Crippen molar-refractivity contribution in [3.05, 3.63) is 59.5 Å². The predicted octanol–water partition coefficient (Wildman–Crippen LogP) is 3.76. The number of nitriles is 1. The summed E-state index contributed by atoms with van der Waals surface area (Å²) in [5.41, 5.74) is 1.19. The van der Waals surface area contributed by atoms with Crippen LogP contribution in [0.3, 0.4) is 0 Å². The quantitative estimate of drug-likeness (QED) is 0.693. The van der Waals surface area contributed by atoms with E-state index in [1.807, 2.05) is 11.0 Å². The Morgan fingerprint density at radius 3 is 2.44 bits per heavy atom. The van der Waals surface area contributed by atoms with Gasteiger partial charge in [-0.25, -0.2) is 9.37 Å². The van der Waals surface area contributed by atoms with Gasteiger partial charge >= 0.3 is 0 Å². The first kappa shape index (κ1) is 20.9. The van der Waals surface area contributed by atoms with Crippen LogP contribution in [-0.2, 0) is 15.1 Å². The normalized spacial score (nSPS) is 23.5. The number of halogens is 1. The number of piperazine rings is 1. The van der Waals surface area contributed by atoms with Crippen molar-refractivity contribution in [1.29, 1.82) is 5.26 Å². The summed E-state index contributed by atoms with van der Waals surface area (Å²) in [4.78, 5) is 21.7. The Morgan fingerprint density at radius 1 is 1.16 bits per heavy atom. The van der Waals surface area contributed by atoms with Crippen LogP contribution in [0, 0.1) is 17.1 Å². The van der Waals surface area contributed by atoms with Crippen LogP contribution >= 0.6 is 0 Å². The number of hydrogen-bond donors (Lipinski definition) is 0. The SMILES string of the molecule is N#Cc1ccc(N2C3CC[C@H]2CN(C(=O)CCOC2(c4ccc(F)cc4)CCC2)C3)nc1. The highest BCUT2D eigenvalue weighted by Crippen LogP contribution is 2.45. The predicted molar refractivity (Wildman–Crippen MR) is 117 cm³/mol. The Labute approximate surface area is 187 Å². The molecule has 0 radical (unpaired) electrons. The summed E-state index contributed by atoms with van der Waals surface area (Å²) >= 11 is 0. The zero-order valence-electron chi connectivity index (χ0n) is 18.0. The number of nitrogens with zero attached hydrogens (tertiary/aromatic N) is 4. The van der Waals surface area contributed by atoms with Gasteiger partial charge in [-0.15, -0.1) is 0 Å². The molecule has 32 heavy (non-hydrogen) atoms. The lowest BCUT2D eigenvalue weighted by Gasteiger charge is -2.43. The number of likely N-dealkylation sites (tertiary alicyclic amines) is 1. The van der Waals surface area contributed by atoms with Crippen LogP contribution in [0.5, 0.6) is 0 Å². The van der Waals surface area contributed by atoms with Gasteiger partial charge in [0.1, 0.15) is 17.7 Å². The molecule has 2 saturated heterocycles. The van der Waals surface area contributed by atoms with Crippen molar-refractivity contribution in [3.8, 4) is 6.07 Å². The number of anilines is 1. The highest BCUT2D eigenvalue weighted by Gasteiger charge is 2.43. The fourth-order valence-electron chi connectivity index (χ4n) is 5.35. The number of benzene rings is 1. The van der Waals surface area contributed by atoms with Crippen LogP contribution in [-0.4, -0.2) is 47.6 Å². The average molecular weight is 435 g/mol. The minimum Gasteiger partial charge on any atom is -0.370 e. The van der Waals surface area contributed by atoms with Gasteiger partial charge in [-0.3, -0.25) is 4.79 Å². The molecule has 1 aromatic heterocycles. The van der Waals surface area contributed by atoms with Crippen LogP contribution in [0.25, 0.3) is 0 Å². The van der Waals surface area contributed by atoms with Crippen LogP contribution in [0.1, 0.15) is 49.7 Å². The van der Waals surface area contributed by atoms with E-state index in [9.17, 15) is 9.18 Å². The van der Waals surface area contributed by atoms with Crippen molar-refractivity contribution in [2.24, 2.45) is 0 Å². The molecule has 1 aliphatic carbocycles. The van der Waals surface area contributed by atoms with E-state index in [1.54, 1.807) is 24.4 Å². The minimum absolute atomic E-state index is 0.128. The maximum absolute atomic E-state index is 13.3. The van der Waals surface area contributed by atoms with Gasteiger partial charge in [-0.05, 0) is 61.9 Å². The van der Waals surface area contributed by atoms with E-state index >= 15 is 0 Å². The largest absolute Gasteiger partial charge is 0.370 e. The van der Waals surface area contributed by atoms with Crippen LogP contribution in [0.4, 0.5) is 10.2 Å². The summed E-state index contributed by atoms with van der Waals surface area (Å²) in [6, 6.07) is 12.9. The second-order valence-corrected chi connectivity index (χ2v) is 9.06. The number of aromatic nitrogens is 1. The zero-order valence-corrected chi connectivity index (χ0v) is 18.0. The Balaban J connectivity index is 1.17. The molecule has 7 heteroatoms. The van der Waals surface area contributed by atoms with Crippen LogP contribution in [0.2, 0.25) is 0 Å². The van der Waals surface area contributed by atoms with Gasteiger partial charge in [0.05, 0.1) is 24.2 Å². The molecule has 166 valence electrons. The van der Waals surface area contributed by atoms with Gasteiger partial charge in [0.25, 0.3) is 0 Å². The molecule has 2 bridgehead atoms. The molecule has 1 saturated carbocycles. The van der Waals surface area contributed by atoms with E-state index in [1.165, 1.54) is 12.1 Å². The molecule has 3 aliphatic rings. The fourth-order valence-corrected chi connectivity index (χ4v) is 5.35. The standard InChI is InChI=1S/C25H27FN4O2/c26-20-5-3-19(4-6-20)25(11-1-12-25)32-13-10-24(31)29-16-21-7-8-22(17-29)30(21)23-9-2-18(14-27)15-28-23/h2-6,9,15,21-22H,1,7-8,10-13,16-17H2/t21-,22?/m0/s1. The summed E-state index contributed by atoms with van der Waals surface area (Å²) in [6.07, 6.45) is 6.96. The number of hydrogen-bond acceptors (Lipinski definition) is 5. The summed E-state index contributed by atoms with van der Waals surface area (Å²) in [6.45, 7) is 1.77. The van der Waals surface area contributed by atoms with E-state index in [2.05, 4.69) is 16.0 Å². The molecule has 5 rings (SSSR count). The van der Waals surface area contributed by atoms with Gasteiger partial charge in [0, 0.05) is 31.4 Å². The molecule has 1 unspecified atom stereocenters. The van der Waals surface area contributed by atoms with Crippen molar-refractivity contribution in [2.75, 3.05) is 24.6 Å². The molecule has 3 heterocycles. The Hall–Kier alpha value is -2.98. The molecule has 1 aromatic carbocycles. The second-order valence-electron chi connectivity index (χ2n) is 9.06. The van der Waals surface area contributed by atoms with Crippen molar-refractivity contribution < 1.29 is 13.9 Å². The Morgan fingerprint density at radius 2 is 1.88 bits per heavy atom. The summed E-state index contributed by atoms with van der Waals surface area (Å²) in [7, 11) is 0. The lowest BCUT2D eigenvalue weighted by molar-refractivity contribution is -0.140. The van der Waals surface area contributed by atoms with Crippen molar-refractivity contribution in [3.63, 3.8) is 0 Å². The monoisotopic (exact) mass is 434 g/mol. The van der Waals surface area contributed by atoms with Gasteiger partial charge in [-0.2, -0.15) is 5.26 Å². The number of ether oxygens (including phenoxy) is 1. The molecular weight excluding hydrogens is 407 g/mol. The third-order valence-corrected chi connectivity index (χ3v) is 7.20. The van der Waals surface area contributed by atoms with Crippen molar-refractivity contribution in [2.45, 2.75) is 56.2 Å². The molecule has 1 amide bonds. The highest BCUT2D eigenvalue weighted by atomic mass is 19.1. The van der Waals surface area contributed by atoms with E-state index in [4.69, 9.17) is 10.00 Å². The number of carbonyl (C=O) groups excluding carboxylic acids is 1. The number of fused-ring (bicyclic) bond motifs is 2. The molecule has 0 spiro atoms. The molecule has 2 atom stereocenters. The maximum atomic E-state index is 13.3. The third kappa shape index (κ3) is 3.84. The second kappa shape index (κ2) is 8.51. The number of pyridine rings is 1. The average Bonchev–Trinajstić information content (AvgIpc) is 3.05. The topological polar surface area (TPSA) is 69.5 Å². The van der Waals surface area contributed by atoms with E-state index < -0.39 is 0 Å². The van der Waals surface area contributed by atoms with Gasteiger partial charge in [-0.1, -0.05) is 12.1 Å². The van der Waals surface area contributed by atoms with Crippen molar-refractivity contribution >= 4 is 11.7 Å². The third-order valence-electron chi connectivity index (χ3n) is 7.20. The summed E-state index contributed by atoms with van der Waals surface area (Å²) in [5.74, 6) is 0.768. The molecule has 3 fully saturated rings. The summed E-state index contributed by atoms with van der Waals surface area (Å²) < 4.78 is 19.5. The lowest BCUT2D eigenvalue weighted by atomic mass is 9.75. The highest BCUT2D eigenvalue weighted by molar-refractivity contribution is 5.77. The first-order valence-corrected chi connectivity index (χ1v) is 11.4. The maximum Gasteiger partial charge on any atom is 0.225 e. The first-order chi connectivity index (χ1) is 15.6. The molecule has 0 N–H and O–H groups in total. The van der Waals surface area contributed by atoms with Crippen LogP contribution < -0.4 is 4.90 Å². The lowest BCUT2D eigenvalue weighted by Crippen LogP contribution is -2.56. The summed E-state index contributed by atoms with van der Waals surface area (Å²) in [5, 5.41) is 8.99. The van der Waals surface area contributed by atoms with Crippen LogP contribution in [0.15, 0.2) is 42.6 Å². The fraction of sp³-hybridized carbons (Fsp3) is 0.480. The minimum atomic E-state index is -0.368.